The Morgan fingerprint density at radius 2 is 2.00 bits per heavy atom. The van der Waals surface area contributed by atoms with Crippen LogP contribution in [0.2, 0.25) is 0 Å². The average Bonchev–Trinajstić information content (AvgIpc) is 3.01. The molecule has 1 heterocycles. The third-order valence-corrected chi connectivity index (χ3v) is 4.35. The molecule has 0 saturated carbocycles. The summed E-state index contributed by atoms with van der Waals surface area (Å²) in [5.41, 5.74) is 5.64. The lowest BCUT2D eigenvalue weighted by atomic mass is 10.1. The molecular formula is C19H23ClN2O. The van der Waals surface area contributed by atoms with E-state index in [4.69, 9.17) is 0 Å². The molecule has 1 aliphatic heterocycles. The predicted octanol–water partition coefficient (Wildman–Crippen LogP) is 4.05. The summed E-state index contributed by atoms with van der Waals surface area (Å²) in [5.74, 6) is 0.112. The lowest BCUT2D eigenvalue weighted by Gasteiger charge is -2.22. The second-order valence-corrected chi connectivity index (χ2v) is 5.79. The first-order valence-corrected chi connectivity index (χ1v) is 7.89. The second kappa shape index (κ2) is 7.51. The van der Waals surface area contributed by atoms with Gasteiger partial charge in [-0.2, -0.15) is 0 Å². The number of anilines is 1. The minimum Gasteiger partial charge on any atom is -0.384 e. The Balaban J connectivity index is 0.00000192. The van der Waals surface area contributed by atoms with Crippen LogP contribution < -0.4 is 5.32 Å². The minimum absolute atomic E-state index is 0. The van der Waals surface area contributed by atoms with Crippen molar-refractivity contribution in [2.45, 2.75) is 26.8 Å². The minimum atomic E-state index is 0. The molecule has 1 aliphatic rings. The van der Waals surface area contributed by atoms with E-state index in [9.17, 15) is 4.79 Å². The fourth-order valence-electron chi connectivity index (χ4n) is 2.94. The van der Waals surface area contributed by atoms with Crippen LogP contribution in [0, 0.1) is 6.92 Å². The van der Waals surface area contributed by atoms with Gasteiger partial charge in [-0.15, -0.1) is 12.4 Å². The number of hydrogen-bond donors (Lipinski definition) is 1. The monoisotopic (exact) mass is 330 g/mol. The van der Waals surface area contributed by atoms with Gasteiger partial charge in [0.15, 0.2) is 0 Å². The van der Waals surface area contributed by atoms with Gasteiger partial charge in [0.1, 0.15) is 0 Å². The van der Waals surface area contributed by atoms with E-state index in [2.05, 4.69) is 24.4 Å². The molecule has 0 unspecified atom stereocenters. The molecule has 0 radical (unpaired) electrons. The summed E-state index contributed by atoms with van der Waals surface area (Å²) in [6, 6.07) is 14.2. The highest BCUT2D eigenvalue weighted by atomic mass is 35.5. The summed E-state index contributed by atoms with van der Waals surface area (Å²) in [6.07, 6.45) is 1.00. The summed E-state index contributed by atoms with van der Waals surface area (Å²) in [5, 5.41) is 3.33. The molecule has 0 fully saturated rings. The molecule has 2 aromatic rings. The van der Waals surface area contributed by atoms with Gasteiger partial charge < -0.3 is 10.2 Å². The first kappa shape index (κ1) is 17.4. The first-order chi connectivity index (χ1) is 10.7. The molecule has 3 nitrogen and oxygen atoms in total. The van der Waals surface area contributed by atoms with Gasteiger partial charge in [-0.3, -0.25) is 4.79 Å². The molecule has 0 saturated heterocycles. The molecular weight excluding hydrogens is 308 g/mol. The number of rotatable bonds is 4. The SMILES string of the molecule is CCN(Cc1ccccc1C)C(=O)c1ccc2c(c1)CCN2.Cl. The van der Waals surface area contributed by atoms with Crippen LogP contribution in [0.15, 0.2) is 42.5 Å². The number of carbonyl (C=O) groups excluding carboxylic acids is 1. The van der Waals surface area contributed by atoms with Crippen LogP contribution in [0.4, 0.5) is 5.69 Å². The normalized spacial score (nSPS) is 12.1. The fraction of sp³-hybridized carbons (Fsp3) is 0.316. The molecule has 3 rings (SSSR count). The van der Waals surface area contributed by atoms with Crippen LogP contribution in [0.3, 0.4) is 0 Å². The van der Waals surface area contributed by atoms with Crippen LogP contribution in [0.5, 0.6) is 0 Å². The van der Waals surface area contributed by atoms with Crippen molar-refractivity contribution in [2.75, 3.05) is 18.4 Å². The van der Waals surface area contributed by atoms with E-state index in [1.807, 2.05) is 42.2 Å². The number of hydrogen-bond acceptors (Lipinski definition) is 2. The highest BCUT2D eigenvalue weighted by Gasteiger charge is 2.18. The zero-order valence-electron chi connectivity index (χ0n) is 13.6. The third kappa shape index (κ3) is 3.67. The summed E-state index contributed by atoms with van der Waals surface area (Å²) >= 11 is 0. The van der Waals surface area contributed by atoms with Crippen LogP contribution in [0.25, 0.3) is 0 Å². The van der Waals surface area contributed by atoms with Crippen molar-refractivity contribution < 1.29 is 4.79 Å². The Bertz CT molecular complexity index is 700. The summed E-state index contributed by atoms with van der Waals surface area (Å²) in [4.78, 5) is 14.7. The molecule has 0 aliphatic carbocycles. The van der Waals surface area contributed by atoms with E-state index in [1.165, 1.54) is 22.4 Å². The highest BCUT2D eigenvalue weighted by molar-refractivity contribution is 5.95. The molecule has 0 bridgehead atoms. The standard InChI is InChI=1S/C19H22N2O.ClH/c1-3-21(13-17-7-5-4-6-14(17)2)19(22)16-8-9-18-15(12-16)10-11-20-18;/h4-9,12,20H,3,10-11,13H2,1-2H3;1H. The number of carbonyl (C=O) groups is 1. The number of nitrogens with one attached hydrogen (secondary N) is 1. The Hall–Kier alpha value is -2.00. The fourth-order valence-corrected chi connectivity index (χ4v) is 2.94. The van der Waals surface area contributed by atoms with Crippen molar-refractivity contribution in [3.8, 4) is 0 Å². The molecule has 1 N–H and O–H groups in total. The smallest absolute Gasteiger partial charge is 0.254 e. The zero-order valence-corrected chi connectivity index (χ0v) is 14.5. The lowest BCUT2D eigenvalue weighted by molar-refractivity contribution is 0.0752. The molecule has 0 aromatic heterocycles. The third-order valence-electron chi connectivity index (χ3n) is 4.35. The Kier molecular flexibility index (Phi) is 5.67. The maximum atomic E-state index is 12.8. The predicted molar refractivity (Wildman–Crippen MR) is 97.5 cm³/mol. The van der Waals surface area contributed by atoms with E-state index in [0.717, 1.165) is 18.5 Å². The van der Waals surface area contributed by atoms with E-state index in [1.54, 1.807) is 0 Å². The van der Waals surface area contributed by atoms with E-state index in [-0.39, 0.29) is 18.3 Å². The molecule has 2 aromatic carbocycles. The summed E-state index contributed by atoms with van der Waals surface area (Å²) in [6.45, 7) is 6.47. The van der Waals surface area contributed by atoms with Crippen molar-refractivity contribution in [1.82, 2.24) is 4.90 Å². The van der Waals surface area contributed by atoms with Crippen LogP contribution in [-0.4, -0.2) is 23.9 Å². The summed E-state index contributed by atoms with van der Waals surface area (Å²) in [7, 11) is 0. The number of aryl methyl sites for hydroxylation is 1. The number of fused-ring (bicyclic) bond motifs is 1. The van der Waals surface area contributed by atoms with Crippen LogP contribution in [-0.2, 0) is 13.0 Å². The molecule has 122 valence electrons. The Labute approximate surface area is 144 Å². The average molecular weight is 331 g/mol. The highest BCUT2D eigenvalue weighted by Crippen LogP contribution is 2.24. The maximum Gasteiger partial charge on any atom is 0.254 e. The van der Waals surface area contributed by atoms with Crippen LogP contribution >= 0.6 is 12.4 Å². The van der Waals surface area contributed by atoms with Gasteiger partial charge in [-0.1, -0.05) is 24.3 Å². The van der Waals surface area contributed by atoms with Crippen molar-refractivity contribution >= 4 is 24.0 Å². The molecule has 0 spiro atoms. The maximum absolute atomic E-state index is 12.8. The topological polar surface area (TPSA) is 32.3 Å². The van der Waals surface area contributed by atoms with Crippen molar-refractivity contribution in [3.05, 3.63) is 64.7 Å². The summed E-state index contributed by atoms with van der Waals surface area (Å²) < 4.78 is 0. The molecule has 4 heteroatoms. The van der Waals surface area contributed by atoms with E-state index >= 15 is 0 Å². The van der Waals surface area contributed by atoms with E-state index in [0.29, 0.717) is 13.1 Å². The second-order valence-electron chi connectivity index (χ2n) is 5.79. The largest absolute Gasteiger partial charge is 0.384 e. The van der Waals surface area contributed by atoms with Crippen molar-refractivity contribution in [1.29, 1.82) is 0 Å². The molecule has 1 amide bonds. The zero-order chi connectivity index (χ0) is 15.5. The Morgan fingerprint density at radius 1 is 1.22 bits per heavy atom. The van der Waals surface area contributed by atoms with Gasteiger partial charge in [0.2, 0.25) is 0 Å². The molecule has 23 heavy (non-hydrogen) atoms. The van der Waals surface area contributed by atoms with Gasteiger partial charge in [-0.05, 0) is 55.2 Å². The molecule has 0 atom stereocenters. The van der Waals surface area contributed by atoms with Gasteiger partial charge in [0.05, 0.1) is 0 Å². The number of nitrogens with zero attached hydrogens (tertiary/aromatic N) is 1. The first-order valence-electron chi connectivity index (χ1n) is 7.89. The van der Waals surface area contributed by atoms with Crippen molar-refractivity contribution in [2.24, 2.45) is 0 Å². The number of amides is 1. The van der Waals surface area contributed by atoms with Gasteiger partial charge >= 0.3 is 0 Å². The Morgan fingerprint density at radius 3 is 2.74 bits per heavy atom. The number of halogens is 1. The lowest BCUT2D eigenvalue weighted by Crippen LogP contribution is -2.30. The number of benzene rings is 2. The van der Waals surface area contributed by atoms with Gasteiger partial charge in [0.25, 0.3) is 5.91 Å². The van der Waals surface area contributed by atoms with E-state index < -0.39 is 0 Å². The van der Waals surface area contributed by atoms with Gasteiger partial charge in [-0.25, -0.2) is 0 Å². The van der Waals surface area contributed by atoms with Crippen LogP contribution in [0.1, 0.15) is 34.0 Å². The van der Waals surface area contributed by atoms with Gasteiger partial charge in [0, 0.05) is 30.9 Å². The quantitative estimate of drug-likeness (QED) is 0.917. The van der Waals surface area contributed by atoms with Crippen molar-refractivity contribution in [3.63, 3.8) is 0 Å².